The summed E-state index contributed by atoms with van der Waals surface area (Å²) in [4.78, 5) is 8.57. The van der Waals surface area contributed by atoms with Gasteiger partial charge in [0.05, 0.1) is 0 Å². The average Bonchev–Trinajstić information content (AvgIpc) is 1.91. The van der Waals surface area contributed by atoms with E-state index < -0.39 is 0 Å². The van der Waals surface area contributed by atoms with Gasteiger partial charge in [0.1, 0.15) is 11.7 Å². The number of aromatic hydroxyl groups is 1. The fraction of sp³-hybridized carbons (Fsp3) is 0. The Kier molecular flexibility index (Phi) is 4.75. The van der Waals surface area contributed by atoms with E-state index in [1.807, 2.05) is 6.07 Å². The van der Waals surface area contributed by atoms with Crippen molar-refractivity contribution in [2.45, 2.75) is 0 Å². The van der Waals surface area contributed by atoms with Gasteiger partial charge in [0, 0.05) is 0 Å². The van der Waals surface area contributed by atoms with Crippen molar-refractivity contribution in [1.29, 1.82) is 0 Å². The van der Waals surface area contributed by atoms with Crippen molar-refractivity contribution in [2.24, 2.45) is 0 Å². The molecule has 0 heterocycles. The molecule has 0 unspecified atom stereocenters. The first kappa shape index (κ1) is 8.47. The van der Waals surface area contributed by atoms with Gasteiger partial charge in [-0.1, -0.05) is 18.2 Å². The van der Waals surface area contributed by atoms with Crippen LogP contribution in [0.3, 0.4) is 0 Å². The van der Waals surface area contributed by atoms with Crippen LogP contribution in [-0.4, -0.2) is 11.0 Å². The molecular formula is C8H8O2. The molecule has 0 saturated carbocycles. The van der Waals surface area contributed by atoms with E-state index >= 15 is 0 Å². The second-order valence-corrected chi connectivity index (χ2v) is 1.48. The lowest BCUT2D eigenvalue weighted by Crippen LogP contribution is -1.56. The summed E-state index contributed by atoms with van der Waals surface area (Å²) in [6.07, 6.45) is 0. The molecule has 0 aromatic heterocycles. The minimum Gasteiger partial charge on any atom is -0.508 e. The Morgan fingerprint density at radius 3 is 1.90 bits per heavy atom. The van der Waals surface area contributed by atoms with Gasteiger partial charge in [-0.15, -0.1) is 0 Å². The standard InChI is InChI=1S/C6H6O.C2H2O/c7-6-4-2-1-3-5-6;1-2-3/h1-5,7H;1H2. The van der Waals surface area contributed by atoms with Crippen LogP contribution >= 0.6 is 0 Å². The molecule has 2 heteroatoms. The Labute approximate surface area is 59.4 Å². The Balaban J connectivity index is 0.000000236. The normalized spacial score (nSPS) is 6.80. The maximum Gasteiger partial charge on any atom is 0.116 e. The summed E-state index contributed by atoms with van der Waals surface area (Å²) in [6, 6.07) is 8.71. The van der Waals surface area contributed by atoms with Crippen LogP contribution in [0.2, 0.25) is 0 Å². The monoisotopic (exact) mass is 136 g/mol. The van der Waals surface area contributed by atoms with Crippen LogP contribution < -0.4 is 0 Å². The molecule has 1 N–H and O–H groups in total. The van der Waals surface area contributed by atoms with Crippen molar-refractivity contribution in [2.75, 3.05) is 0 Å². The largest absolute Gasteiger partial charge is 0.508 e. The summed E-state index contributed by atoms with van der Waals surface area (Å²) in [5, 5.41) is 8.63. The van der Waals surface area contributed by atoms with Gasteiger partial charge < -0.3 is 5.11 Å². The summed E-state index contributed by atoms with van der Waals surface area (Å²) in [5.74, 6) is 1.57. The molecule has 1 aromatic carbocycles. The SMILES string of the molecule is C=C=O.Oc1ccccc1. The number of hydrogen-bond acceptors (Lipinski definition) is 2. The van der Waals surface area contributed by atoms with Crippen molar-refractivity contribution < 1.29 is 9.90 Å². The number of benzene rings is 1. The van der Waals surface area contributed by atoms with Crippen LogP contribution in [0, 0.1) is 0 Å². The zero-order chi connectivity index (χ0) is 7.82. The topological polar surface area (TPSA) is 37.3 Å². The molecule has 0 aliphatic carbocycles. The summed E-state index contributed by atoms with van der Waals surface area (Å²) < 4.78 is 0. The zero-order valence-corrected chi connectivity index (χ0v) is 5.45. The first-order valence-corrected chi connectivity index (χ1v) is 2.69. The number of rotatable bonds is 0. The maximum absolute atomic E-state index is 8.63. The van der Waals surface area contributed by atoms with Gasteiger partial charge in [-0.3, -0.25) is 0 Å². The lowest BCUT2D eigenvalue weighted by atomic mass is 10.3. The predicted octanol–water partition coefficient (Wildman–Crippen LogP) is 1.40. The Morgan fingerprint density at radius 2 is 1.70 bits per heavy atom. The molecule has 1 aromatic rings. The number of para-hydroxylation sites is 1. The van der Waals surface area contributed by atoms with Crippen molar-refractivity contribution >= 4 is 5.94 Å². The fourth-order valence-corrected chi connectivity index (χ4v) is 0.428. The van der Waals surface area contributed by atoms with Crippen LogP contribution in [0.25, 0.3) is 0 Å². The van der Waals surface area contributed by atoms with E-state index in [2.05, 4.69) is 6.58 Å². The minimum absolute atomic E-state index is 0.322. The average molecular weight is 136 g/mol. The molecule has 0 amide bonds. The highest BCUT2D eigenvalue weighted by atomic mass is 16.3. The molecule has 0 saturated heterocycles. The summed E-state index contributed by atoms with van der Waals surface area (Å²) in [6.45, 7) is 2.68. The third-order valence-corrected chi connectivity index (χ3v) is 0.756. The smallest absolute Gasteiger partial charge is 0.116 e. The number of phenolic OH excluding ortho intramolecular Hbond substituents is 1. The molecule has 0 radical (unpaired) electrons. The number of carbonyl (C=O) groups excluding carboxylic acids is 1. The molecule has 0 aliphatic heterocycles. The zero-order valence-electron chi connectivity index (χ0n) is 5.45. The highest BCUT2D eigenvalue weighted by Crippen LogP contribution is 2.02. The Bertz CT molecular complexity index is 198. The molecule has 10 heavy (non-hydrogen) atoms. The maximum atomic E-state index is 8.63. The van der Waals surface area contributed by atoms with Crippen molar-refractivity contribution in [1.82, 2.24) is 0 Å². The second kappa shape index (κ2) is 5.60. The van der Waals surface area contributed by atoms with E-state index in [1.54, 1.807) is 24.3 Å². The molecule has 0 atom stereocenters. The molecular weight excluding hydrogens is 128 g/mol. The van der Waals surface area contributed by atoms with Crippen LogP contribution in [0.4, 0.5) is 0 Å². The Morgan fingerprint density at radius 1 is 1.30 bits per heavy atom. The summed E-state index contributed by atoms with van der Waals surface area (Å²) >= 11 is 0. The first-order valence-electron chi connectivity index (χ1n) is 2.69. The number of hydrogen-bond donors (Lipinski definition) is 1. The van der Waals surface area contributed by atoms with Gasteiger partial charge in [-0.25, -0.2) is 4.79 Å². The lowest BCUT2D eigenvalue weighted by molar-refractivity contribution is 0.475. The van der Waals surface area contributed by atoms with Crippen LogP contribution in [0.15, 0.2) is 36.9 Å². The van der Waals surface area contributed by atoms with Crippen LogP contribution in [0.1, 0.15) is 0 Å². The second-order valence-electron chi connectivity index (χ2n) is 1.48. The van der Waals surface area contributed by atoms with Gasteiger partial charge in [-0.2, -0.15) is 0 Å². The number of phenols is 1. The van der Waals surface area contributed by atoms with Crippen molar-refractivity contribution in [3.05, 3.63) is 36.9 Å². The quantitative estimate of drug-likeness (QED) is 0.547. The van der Waals surface area contributed by atoms with Crippen molar-refractivity contribution in [3.8, 4) is 5.75 Å². The van der Waals surface area contributed by atoms with E-state index in [4.69, 9.17) is 9.90 Å². The molecule has 2 nitrogen and oxygen atoms in total. The predicted molar refractivity (Wildman–Crippen MR) is 39.4 cm³/mol. The van der Waals surface area contributed by atoms with Gasteiger partial charge in [-0.05, 0) is 18.7 Å². The van der Waals surface area contributed by atoms with Crippen LogP contribution in [-0.2, 0) is 4.79 Å². The van der Waals surface area contributed by atoms with Gasteiger partial charge >= 0.3 is 0 Å². The summed E-state index contributed by atoms with van der Waals surface area (Å²) in [7, 11) is 0. The van der Waals surface area contributed by atoms with Gasteiger partial charge in [0.15, 0.2) is 0 Å². The molecule has 0 bridgehead atoms. The van der Waals surface area contributed by atoms with E-state index in [0.29, 0.717) is 5.75 Å². The first-order chi connectivity index (χ1) is 4.81. The molecule has 0 aliphatic rings. The van der Waals surface area contributed by atoms with Crippen molar-refractivity contribution in [3.63, 3.8) is 0 Å². The molecule has 0 fully saturated rings. The van der Waals surface area contributed by atoms with E-state index in [-0.39, 0.29) is 0 Å². The van der Waals surface area contributed by atoms with E-state index in [1.165, 1.54) is 5.94 Å². The van der Waals surface area contributed by atoms with E-state index in [0.717, 1.165) is 0 Å². The van der Waals surface area contributed by atoms with Gasteiger partial charge in [0.25, 0.3) is 0 Å². The van der Waals surface area contributed by atoms with E-state index in [9.17, 15) is 0 Å². The third-order valence-electron chi connectivity index (χ3n) is 0.756. The Hall–Kier alpha value is -1.53. The fourth-order valence-electron chi connectivity index (χ4n) is 0.428. The highest BCUT2D eigenvalue weighted by molar-refractivity contribution is 5.38. The lowest BCUT2D eigenvalue weighted by Gasteiger charge is -1.82. The summed E-state index contributed by atoms with van der Waals surface area (Å²) in [5.41, 5.74) is 0. The highest BCUT2D eigenvalue weighted by Gasteiger charge is 1.74. The minimum atomic E-state index is 0.322. The van der Waals surface area contributed by atoms with Crippen LogP contribution in [0.5, 0.6) is 5.75 Å². The molecule has 52 valence electrons. The third kappa shape index (κ3) is 4.62. The van der Waals surface area contributed by atoms with Gasteiger partial charge in [0.2, 0.25) is 0 Å². The molecule has 1 rings (SSSR count). The molecule has 0 spiro atoms.